The summed E-state index contributed by atoms with van der Waals surface area (Å²) in [6, 6.07) is 11.6. The molecule has 0 radical (unpaired) electrons. The summed E-state index contributed by atoms with van der Waals surface area (Å²) in [4.78, 5) is 16.2. The Labute approximate surface area is 116 Å². The van der Waals surface area contributed by atoms with Crippen molar-refractivity contribution in [1.29, 1.82) is 0 Å². The number of rotatable bonds is 0. The molecule has 0 unspecified atom stereocenters. The minimum atomic E-state index is 0.998. The first-order valence-corrected chi connectivity index (χ1v) is 6.23. The fourth-order valence-electron chi connectivity index (χ4n) is 1.83. The molecule has 4 nitrogen and oxygen atoms in total. The van der Waals surface area contributed by atoms with Crippen molar-refractivity contribution < 1.29 is 0 Å². The van der Waals surface area contributed by atoms with E-state index in [-0.39, 0.29) is 0 Å². The standard InChI is InChI=1S/2C8H6N2/c2*1-2-7-6-9-5-3-8(7)10-4-1/h2*1-6H. The third-order valence-electron chi connectivity index (χ3n) is 2.81. The van der Waals surface area contributed by atoms with Crippen LogP contribution in [-0.2, 0) is 0 Å². The summed E-state index contributed by atoms with van der Waals surface area (Å²) >= 11 is 0. The van der Waals surface area contributed by atoms with Gasteiger partial charge >= 0.3 is 0 Å². The van der Waals surface area contributed by atoms with Crippen molar-refractivity contribution >= 4 is 21.8 Å². The van der Waals surface area contributed by atoms with E-state index in [2.05, 4.69) is 19.9 Å². The van der Waals surface area contributed by atoms with Gasteiger partial charge < -0.3 is 0 Å². The maximum Gasteiger partial charge on any atom is 0.0732 e. The molecular weight excluding hydrogens is 248 g/mol. The molecule has 0 aliphatic rings. The van der Waals surface area contributed by atoms with Gasteiger partial charge in [-0.05, 0) is 36.4 Å². The van der Waals surface area contributed by atoms with E-state index >= 15 is 0 Å². The first kappa shape index (κ1) is 12.2. The maximum absolute atomic E-state index is 4.14. The van der Waals surface area contributed by atoms with Crippen molar-refractivity contribution in [2.45, 2.75) is 0 Å². The van der Waals surface area contributed by atoms with Gasteiger partial charge in [0, 0.05) is 48.0 Å². The monoisotopic (exact) mass is 260 g/mol. The van der Waals surface area contributed by atoms with Crippen molar-refractivity contribution in [3.05, 3.63) is 73.6 Å². The molecule has 0 atom stereocenters. The zero-order chi connectivity index (χ0) is 13.6. The van der Waals surface area contributed by atoms with Crippen LogP contribution < -0.4 is 0 Å². The maximum atomic E-state index is 4.14. The molecule has 4 heterocycles. The second-order valence-corrected chi connectivity index (χ2v) is 4.14. The average molecular weight is 260 g/mol. The van der Waals surface area contributed by atoms with E-state index in [0.717, 1.165) is 21.8 Å². The molecular formula is C16H12N4. The van der Waals surface area contributed by atoms with E-state index in [1.807, 2.05) is 48.8 Å². The summed E-state index contributed by atoms with van der Waals surface area (Å²) in [6.07, 6.45) is 10.7. The molecule has 4 aromatic heterocycles. The molecule has 0 saturated heterocycles. The highest BCUT2D eigenvalue weighted by molar-refractivity contribution is 5.77. The van der Waals surface area contributed by atoms with Crippen LogP contribution in [0, 0.1) is 0 Å². The van der Waals surface area contributed by atoms with E-state index in [1.165, 1.54) is 0 Å². The Bertz CT molecular complexity index is 628. The zero-order valence-corrected chi connectivity index (χ0v) is 10.7. The molecule has 4 rings (SSSR count). The highest BCUT2D eigenvalue weighted by Crippen LogP contribution is 2.06. The smallest absolute Gasteiger partial charge is 0.0732 e. The van der Waals surface area contributed by atoms with Crippen molar-refractivity contribution in [3.63, 3.8) is 0 Å². The van der Waals surface area contributed by atoms with Crippen LogP contribution >= 0.6 is 0 Å². The molecule has 0 bridgehead atoms. The predicted octanol–water partition coefficient (Wildman–Crippen LogP) is 3.26. The van der Waals surface area contributed by atoms with Crippen LogP contribution in [0.5, 0.6) is 0 Å². The van der Waals surface area contributed by atoms with Gasteiger partial charge in [-0.15, -0.1) is 0 Å². The van der Waals surface area contributed by atoms with Crippen molar-refractivity contribution in [3.8, 4) is 0 Å². The number of aromatic nitrogens is 4. The van der Waals surface area contributed by atoms with Crippen LogP contribution in [0.3, 0.4) is 0 Å². The van der Waals surface area contributed by atoms with E-state index < -0.39 is 0 Å². The summed E-state index contributed by atoms with van der Waals surface area (Å²) in [5.74, 6) is 0. The molecule has 0 saturated carbocycles. The van der Waals surface area contributed by atoms with Gasteiger partial charge in [-0.25, -0.2) is 0 Å². The minimum absolute atomic E-state index is 0.998. The number of hydrogen-bond acceptors (Lipinski definition) is 4. The van der Waals surface area contributed by atoms with Crippen molar-refractivity contribution in [2.75, 3.05) is 0 Å². The fourth-order valence-corrected chi connectivity index (χ4v) is 1.83. The number of pyridine rings is 4. The molecule has 4 heteroatoms. The van der Waals surface area contributed by atoms with Crippen LogP contribution in [0.1, 0.15) is 0 Å². The molecule has 96 valence electrons. The lowest BCUT2D eigenvalue weighted by molar-refractivity contribution is 1.32. The van der Waals surface area contributed by atoms with E-state index in [9.17, 15) is 0 Å². The highest BCUT2D eigenvalue weighted by Gasteiger charge is 1.88. The largest absolute Gasteiger partial charge is 0.264 e. The lowest BCUT2D eigenvalue weighted by Crippen LogP contribution is -1.76. The Morgan fingerprint density at radius 2 is 1.05 bits per heavy atom. The molecule has 0 aliphatic heterocycles. The molecule has 4 aromatic rings. The summed E-state index contributed by atoms with van der Waals surface area (Å²) in [5.41, 5.74) is 2.00. The SMILES string of the molecule is c1cnc2ccncc2c1.c1cnc2ccncc2c1. The molecule has 0 aromatic carbocycles. The third-order valence-corrected chi connectivity index (χ3v) is 2.81. The predicted molar refractivity (Wildman–Crippen MR) is 79.1 cm³/mol. The fraction of sp³-hybridized carbons (Fsp3) is 0. The summed E-state index contributed by atoms with van der Waals surface area (Å²) in [6.45, 7) is 0. The van der Waals surface area contributed by atoms with Crippen LogP contribution in [0.25, 0.3) is 21.8 Å². The van der Waals surface area contributed by atoms with E-state index in [0.29, 0.717) is 0 Å². The molecule has 0 amide bonds. The van der Waals surface area contributed by atoms with E-state index in [4.69, 9.17) is 0 Å². The topological polar surface area (TPSA) is 51.6 Å². The molecule has 0 aliphatic carbocycles. The van der Waals surface area contributed by atoms with Crippen LogP contribution in [0.4, 0.5) is 0 Å². The highest BCUT2D eigenvalue weighted by atomic mass is 14.7. The van der Waals surface area contributed by atoms with Gasteiger partial charge in [0.2, 0.25) is 0 Å². The Morgan fingerprint density at radius 3 is 1.50 bits per heavy atom. The lowest BCUT2D eigenvalue weighted by atomic mass is 10.3. The van der Waals surface area contributed by atoms with Gasteiger partial charge in [-0.3, -0.25) is 19.9 Å². The van der Waals surface area contributed by atoms with Gasteiger partial charge in [0.05, 0.1) is 11.0 Å². The second kappa shape index (κ2) is 5.84. The molecule has 0 spiro atoms. The van der Waals surface area contributed by atoms with Gasteiger partial charge in [0.25, 0.3) is 0 Å². The number of fused-ring (bicyclic) bond motifs is 2. The van der Waals surface area contributed by atoms with Gasteiger partial charge in [-0.1, -0.05) is 0 Å². The number of hydrogen-bond donors (Lipinski definition) is 0. The Morgan fingerprint density at radius 1 is 0.550 bits per heavy atom. The Balaban J connectivity index is 0.000000121. The Kier molecular flexibility index (Phi) is 3.55. The van der Waals surface area contributed by atoms with Crippen LogP contribution in [0.15, 0.2) is 73.6 Å². The molecule has 20 heavy (non-hydrogen) atoms. The van der Waals surface area contributed by atoms with Crippen LogP contribution in [0.2, 0.25) is 0 Å². The van der Waals surface area contributed by atoms with Gasteiger partial charge in [0.15, 0.2) is 0 Å². The average Bonchev–Trinajstić information content (AvgIpc) is 2.56. The molecule has 0 N–H and O–H groups in total. The summed E-state index contributed by atoms with van der Waals surface area (Å²) in [7, 11) is 0. The van der Waals surface area contributed by atoms with Crippen LogP contribution in [-0.4, -0.2) is 19.9 Å². The quantitative estimate of drug-likeness (QED) is 0.487. The van der Waals surface area contributed by atoms with E-state index in [1.54, 1.807) is 24.8 Å². The normalized spacial score (nSPS) is 10.0. The van der Waals surface area contributed by atoms with Gasteiger partial charge in [-0.2, -0.15) is 0 Å². The van der Waals surface area contributed by atoms with Crippen molar-refractivity contribution in [2.24, 2.45) is 0 Å². The second-order valence-electron chi connectivity index (χ2n) is 4.14. The summed E-state index contributed by atoms with van der Waals surface area (Å²) < 4.78 is 0. The minimum Gasteiger partial charge on any atom is -0.264 e. The van der Waals surface area contributed by atoms with Gasteiger partial charge in [0.1, 0.15) is 0 Å². The zero-order valence-electron chi connectivity index (χ0n) is 10.7. The van der Waals surface area contributed by atoms with Crippen molar-refractivity contribution in [1.82, 2.24) is 19.9 Å². The number of nitrogens with zero attached hydrogens (tertiary/aromatic N) is 4. The lowest BCUT2D eigenvalue weighted by Gasteiger charge is -1.90. The first-order valence-electron chi connectivity index (χ1n) is 6.23. The third kappa shape index (κ3) is 2.75. The summed E-state index contributed by atoms with van der Waals surface area (Å²) in [5, 5.41) is 2.18. The Hall–Kier alpha value is -2.88. The first-order chi connectivity index (χ1) is 9.93. The molecule has 0 fully saturated rings.